The summed E-state index contributed by atoms with van der Waals surface area (Å²) in [6, 6.07) is 7.46. The first-order chi connectivity index (χ1) is 5.36. The fraction of sp³-hybridized carbons (Fsp3) is 0.333. The molecule has 1 saturated heterocycles. The van der Waals surface area contributed by atoms with Gasteiger partial charge in [-0.15, -0.1) is 12.4 Å². The number of phenols is 1. The van der Waals surface area contributed by atoms with Crippen LogP contribution in [0, 0.1) is 0 Å². The fourth-order valence-corrected chi connectivity index (χ4v) is 1.27. The molecule has 0 saturated carbocycles. The molecule has 2 nitrogen and oxygen atoms in total. The molecule has 0 amide bonds. The number of hydrogen-bond donors (Lipinski definition) is 2. The van der Waals surface area contributed by atoms with Crippen molar-refractivity contribution < 1.29 is 5.11 Å². The molecule has 3 heteroatoms. The van der Waals surface area contributed by atoms with E-state index < -0.39 is 0 Å². The molecule has 0 radical (unpaired) electrons. The number of benzene rings is 1. The molecule has 1 heterocycles. The van der Waals surface area contributed by atoms with Gasteiger partial charge < -0.3 is 10.4 Å². The van der Waals surface area contributed by atoms with Crippen molar-refractivity contribution in [2.45, 2.75) is 5.92 Å². The van der Waals surface area contributed by atoms with Gasteiger partial charge in [0.05, 0.1) is 0 Å². The van der Waals surface area contributed by atoms with Crippen LogP contribution in [-0.2, 0) is 0 Å². The molecule has 1 aromatic rings. The van der Waals surface area contributed by atoms with E-state index in [0.717, 1.165) is 13.1 Å². The number of aromatic hydroxyl groups is 1. The van der Waals surface area contributed by atoms with Crippen molar-refractivity contribution in [3.63, 3.8) is 0 Å². The lowest BCUT2D eigenvalue weighted by Crippen LogP contribution is -2.39. The summed E-state index contributed by atoms with van der Waals surface area (Å²) in [4.78, 5) is 0. The smallest absolute Gasteiger partial charge is 0.115 e. The lowest BCUT2D eigenvalue weighted by molar-refractivity contribution is 0.446. The SMILES string of the molecule is Cl.Oc1ccc(C2CNC2)cc1. The topological polar surface area (TPSA) is 32.3 Å². The van der Waals surface area contributed by atoms with Crippen LogP contribution >= 0.6 is 12.4 Å². The first-order valence-electron chi connectivity index (χ1n) is 3.86. The lowest BCUT2D eigenvalue weighted by Gasteiger charge is -2.27. The molecule has 0 unspecified atom stereocenters. The van der Waals surface area contributed by atoms with Gasteiger partial charge in [-0.2, -0.15) is 0 Å². The van der Waals surface area contributed by atoms with Crippen molar-refractivity contribution in [3.05, 3.63) is 29.8 Å². The van der Waals surface area contributed by atoms with Gasteiger partial charge in [0, 0.05) is 19.0 Å². The van der Waals surface area contributed by atoms with E-state index in [9.17, 15) is 0 Å². The van der Waals surface area contributed by atoms with Crippen molar-refractivity contribution in [2.24, 2.45) is 0 Å². The van der Waals surface area contributed by atoms with Gasteiger partial charge in [0.15, 0.2) is 0 Å². The Balaban J connectivity index is 0.000000720. The van der Waals surface area contributed by atoms with Gasteiger partial charge in [-0.05, 0) is 17.7 Å². The molecule has 2 N–H and O–H groups in total. The molecule has 0 aromatic heterocycles. The number of nitrogens with one attached hydrogen (secondary N) is 1. The Morgan fingerprint density at radius 2 is 1.75 bits per heavy atom. The number of halogens is 1. The molecule has 1 fully saturated rings. The highest BCUT2D eigenvalue weighted by Gasteiger charge is 2.17. The van der Waals surface area contributed by atoms with Gasteiger partial charge in [-0.1, -0.05) is 12.1 Å². The third kappa shape index (κ3) is 1.71. The zero-order chi connectivity index (χ0) is 7.68. The summed E-state index contributed by atoms with van der Waals surface area (Å²) < 4.78 is 0. The summed E-state index contributed by atoms with van der Waals surface area (Å²) in [7, 11) is 0. The van der Waals surface area contributed by atoms with Crippen LogP contribution < -0.4 is 5.32 Å². The maximum atomic E-state index is 9.01. The largest absolute Gasteiger partial charge is 0.508 e. The number of rotatable bonds is 1. The zero-order valence-corrected chi connectivity index (χ0v) is 7.47. The van der Waals surface area contributed by atoms with Crippen molar-refractivity contribution >= 4 is 12.4 Å². The van der Waals surface area contributed by atoms with Gasteiger partial charge in [0.25, 0.3) is 0 Å². The lowest BCUT2D eigenvalue weighted by atomic mass is 9.94. The van der Waals surface area contributed by atoms with E-state index in [0.29, 0.717) is 11.7 Å². The summed E-state index contributed by atoms with van der Waals surface area (Å²) in [5.74, 6) is 1.01. The average Bonchev–Trinajstić information content (AvgIpc) is 1.90. The quantitative estimate of drug-likeness (QED) is 0.695. The van der Waals surface area contributed by atoms with Gasteiger partial charge in [-0.25, -0.2) is 0 Å². The van der Waals surface area contributed by atoms with Crippen LogP contribution in [-0.4, -0.2) is 18.2 Å². The molecule has 12 heavy (non-hydrogen) atoms. The predicted molar refractivity (Wildman–Crippen MR) is 51.0 cm³/mol. The van der Waals surface area contributed by atoms with E-state index in [1.165, 1.54) is 5.56 Å². The molecule has 1 aliphatic rings. The maximum absolute atomic E-state index is 9.01. The molecular formula is C9H12ClNO. The molecule has 1 aliphatic heterocycles. The van der Waals surface area contributed by atoms with Gasteiger partial charge in [0.1, 0.15) is 5.75 Å². The zero-order valence-electron chi connectivity index (χ0n) is 6.66. The highest BCUT2D eigenvalue weighted by atomic mass is 35.5. The molecule has 2 rings (SSSR count). The summed E-state index contributed by atoms with van der Waals surface area (Å²) in [6.45, 7) is 2.15. The third-order valence-electron chi connectivity index (χ3n) is 2.15. The highest BCUT2D eigenvalue weighted by Crippen LogP contribution is 2.21. The van der Waals surface area contributed by atoms with Crippen LogP contribution in [0.25, 0.3) is 0 Å². The second kappa shape index (κ2) is 3.78. The molecule has 66 valence electrons. The standard InChI is InChI=1S/C9H11NO.ClH/c11-9-3-1-7(2-4-9)8-5-10-6-8;/h1-4,8,10-11H,5-6H2;1H. The summed E-state index contributed by atoms with van der Waals surface area (Å²) in [5.41, 5.74) is 1.32. The Labute approximate surface area is 78.0 Å². The Morgan fingerprint density at radius 1 is 1.17 bits per heavy atom. The Bertz CT molecular complexity index is 243. The predicted octanol–water partition coefficient (Wildman–Crippen LogP) is 1.50. The van der Waals surface area contributed by atoms with E-state index >= 15 is 0 Å². The first kappa shape index (κ1) is 9.36. The fourth-order valence-electron chi connectivity index (χ4n) is 1.27. The average molecular weight is 186 g/mol. The minimum Gasteiger partial charge on any atom is -0.508 e. The van der Waals surface area contributed by atoms with Crippen LogP contribution in [0.4, 0.5) is 0 Å². The van der Waals surface area contributed by atoms with E-state index in [2.05, 4.69) is 5.32 Å². The maximum Gasteiger partial charge on any atom is 0.115 e. The Kier molecular flexibility index (Phi) is 2.95. The molecule has 0 bridgehead atoms. The molecular weight excluding hydrogens is 174 g/mol. The van der Waals surface area contributed by atoms with Crippen LogP contribution in [0.1, 0.15) is 11.5 Å². The van der Waals surface area contributed by atoms with E-state index in [-0.39, 0.29) is 12.4 Å². The second-order valence-electron chi connectivity index (χ2n) is 2.95. The Hall–Kier alpha value is -0.730. The van der Waals surface area contributed by atoms with Crippen LogP contribution in [0.5, 0.6) is 5.75 Å². The highest BCUT2D eigenvalue weighted by molar-refractivity contribution is 5.85. The first-order valence-corrected chi connectivity index (χ1v) is 3.86. The van der Waals surface area contributed by atoms with Crippen LogP contribution in [0.3, 0.4) is 0 Å². The minimum atomic E-state index is 0. The monoisotopic (exact) mass is 185 g/mol. The molecule has 0 aliphatic carbocycles. The molecule has 0 atom stereocenters. The van der Waals surface area contributed by atoms with E-state index in [4.69, 9.17) is 5.11 Å². The number of phenolic OH excluding ortho intramolecular Hbond substituents is 1. The van der Waals surface area contributed by atoms with Gasteiger partial charge >= 0.3 is 0 Å². The summed E-state index contributed by atoms with van der Waals surface area (Å²) >= 11 is 0. The van der Waals surface area contributed by atoms with Gasteiger partial charge in [0.2, 0.25) is 0 Å². The van der Waals surface area contributed by atoms with Crippen LogP contribution in [0.15, 0.2) is 24.3 Å². The van der Waals surface area contributed by atoms with Crippen molar-refractivity contribution in [2.75, 3.05) is 13.1 Å². The van der Waals surface area contributed by atoms with Crippen molar-refractivity contribution in [1.29, 1.82) is 0 Å². The summed E-state index contributed by atoms with van der Waals surface area (Å²) in [6.07, 6.45) is 0. The summed E-state index contributed by atoms with van der Waals surface area (Å²) in [5, 5.41) is 12.2. The minimum absolute atomic E-state index is 0. The Morgan fingerprint density at radius 3 is 2.17 bits per heavy atom. The van der Waals surface area contributed by atoms with E-state index in [1.807, 2.05) is 12.1 Å². The van der Waals surface area contributed by atoms with Crippen LogP contribution in [0.2, 0.25) is 0 Å². The number of hydrogen-bond acceptors (Lipinski definition) is 2. The normalized spacial score (nSPS) is 16.3. The second-order valence-corrected chi connectivity index (χ2v) is 2.95. The third-order valence-corrected chi connectivity index (χ3v) is 2.15. The van der Waals surface area contributed by atoms with Crippen molar-refractivity contribution in [3.8, 4) is 5.75 Å². The van der Waals surface area contributed by atoms with E-state index in [1.54, 1.807) is 12.1 Å². The molecule has 1 aromatic carbocycles. The van der Waals surface area contributed by atoms with Crippen molar-refractivity contribution in [1.82, 2.24) is 5.32 Å². The molecule has 0 spiro atoms. The van der Waals surface area contributed by atoms with Gasteiger partial charge in [-0.3, -0.25) is 0 Å².